The van der Waals surface area contributed by atoms with Crippen LogP contribution in [0.5, 0.6) is 0 Å². The molecule has 0 aliphatic carbocycles. The van der Waals surface area contributed by atoms with Crippen LogP contribution in [0.1, 0.15) is 12.8 Å². The minimum atomic E-state index is -0.781. The molecule has 5 nitrogen and oxygen atoms in total. The van der Waals surface area contributed by atoms with Crippen molar-refractivity contribution in [3.05, 3.63) is 0 Å². The third kappa shape index (κ3) is 3.43. The summed E-state index contributed by atoms with van der Waals surface area (Å²) in [6, 6.07) is 0. The average Bonchev–Trinajstić information content (AvgIpc) is 2.70. The van der Waals surface area contributed by atoms with Gasteiger partial charge in [-0.15, -0.1) is 0 Å². The first-order chi connectivity index (χ1) is 7.74. The second kappa shape index (κ2) is 5.61. The molecule has 2 unspecified atom stereocenters. The summed E-state index contributed by atoms with van der Waals surface area (Å²) in [6.07, 6.45) is 1.09. The number of nitrogens with zero attached hydrogens (tertiary/aromatic N) is 1. The lowest BCUT2D eigenvalue weighted by Crippen LogP contribution is -2.45. The third-order valence-electron chi connectivity index (χ3n) is 3.17. The van der Waals surface area contributed by atoms with Crippen LogP contribution in [-0.2, 0) is 14.3 Å². The van der Waals surface area contributed by atoms with Gasteiger partial charge in [0.25, 0.3) is 0 Å². The Kier molecular flexibility index (Phi) is 4.15. The normalized spacial score (nSPS) is 31.8. The van der Waals surface area contributed by atoms with E-state index in [1.165, 1.54) is 0 Å². The van der Waals surface area contributed by atoms with Crippen molar-refractivity contribution < 1.29 is 19.4 Å². The minimum absolute atomic E-state index is 0.109. The van der Waals surface area contributed by atoms with Crippen molar-refractivity contribution in [2.24, 2.45) is 5.92 Å². The van der Waals surface area contributed by atoms with Crippen LogP contribution in [0.4, 0.5) is 0 Å². The zero-order valence-electron chi connectivity index (χ0n) is 9.43. The molecule has 0 aromatic carbocycles. The van der Waals surface area contributed by atoms with Crippen molar-refractivity contribution in [2.75, 3.05) is 39.5 Å². The van der Waals surface area contributed by atoms with E-state index in [2.05, 4.69) is 4.90 Å². The van der Waals surface area contributed by atoms with Gasteiger partial charge in [-0.2, -0.15) is 0 Å². The molecule has 2 heterocycles. The van der Waals surface area contributed by atoms with Crippen LogP contribution in [0.15, 0.2) is 0 Å². The fraction of sp³-hybridized carbons (Fsp3) is 0.909. The van der Waals surface area contributed by atoms with Crippen LogP contribution in [0.3, 0.4) is 0 Å². The highest BCUT2D eigenvalue weighted by atomic mass is 16.5. The monoisotopic (exact) mass is 229 g/mol. The Labute approximate surface area is 95.3 Å². The van der Waals surface area contributed by atoms with Crippen LogP contribution in [0.25, 0.3) is 0 Å². The lowest BCUT2D eigenvalue weighted by atomic mass is 10.1. The highest BCUT2D eigenvalue weighted by Crippen LogP contribution is 2.16. The van der Waals surface area contributed by atoms with E-state index in [4.69, 9.17) is 14.6 Å². The zero-order chi connectivity index (χ0) is 11.4. The van der Waals surface area contributed by atoms with Crippen LogP contribution < -0.4 is 0 Å². The minimum Gasteiger partial charge on any atom is -0.481 e. The van der Waals surface area contributed by atoms with Gasteiger partial charge >= 0.3 is 5.97 Å². The molecule has 16 heavy (non-hydrogen) atoms. The zero-order valence-corrected chi connectivity index (χ0v) is 9.43. The number of carboxylic acids is 1. The molecule has 0 radical (unpaired) electrons. The Morgan fingerprint density at radius 1 is 1.44 bits per heavy atom. The molecule has 0 aromatic heterocycles. The van der Waals surface area contributed by atoms with Gasteiger partial charge < -0.3 is 14.6 Å². The van der Waals surface area contributed by atoms with Gasteiger partial charge in [-0.1, -0.05) is 0 Å². The molecule has 2 aliphatic heterocycles. The summed E-state index contributed by atoms with van der Waals surface area (Å²) in [5, 5.41) is 8.72. The molecule has 5 heteroatoms. The van der Waals surface area contributed by atoms with Crippen molar-refractivity contribution >= 4 is 5.97 Å². The molecule has 2 atom stereocenters. The molecule has 2 fully saturated rings. The molecule has 2 saturated heterocycles. The summed E-state index contributed by atoms with van der Waals surface area (Å²) >= 11 is 0. The van der Waals surface area contributed by atoms with Gasteiger partial charge in [-0.3, -0.25) is 9.69 Å². The molecule has 0 saturated carbocycles. The smallest absolute Gasteiger partial charge is 0.306 e. The number of morpholine rings is 1. The fourth-order valence-electron chi connectivity index (χ4n) is 2.36. The SMILES string of the molecule is O=C(O)CC1CN(CC2CCOC2)CCO1. The first-order valence-corrected chi connectivity index (χ1v) is 5.87. The predicted octanol–water partition coefficient (Wildman–Crippen LogP) is 0.198. The Hall–Kier alpha value is -0.650. The Morgan fingerprint density at radius 2 is 2.31 bits per heavy atom. The maximum atomic E-state index is 10.6. The van der Waals surface area contributed by atoms with E-state index in [0.717, 1.165) is 39.3 Å². The first-order valence-electron chi connectivity index (χ1n) is 5.87. The van der Waals surface area contributed by atoms with E-state index in [0.29, 0.717) is 12.5 Å². The lowest BCUT2D eigenvalue weighted by molar-refractivity contribution is -0.142. The fourth-order valence-corrected chi connectivity index (χ4v) is 2.36. The molecule has 0 spiro atoms. The van der Waals surface area contributed by atoms with E-state index in [1.807, 2.05) is 0 Å². The number of carbonyl (C=O) groups is 1. The quantitative estimate of drug-likeness (QED) is 0.746. The van der Waals surface area contributed by atoms with E-state index in [-0.39, 0.29) is 12.5 Å². The maximum Gasteiger partial charge on any atom is 0.306 e. The van der Waals surface area contributed by atoms with E-state index in [1.54, 1.807) is 0 Å². The second-order valence-electron chi connectivity index (χ2n) is 4.58. The first kappa shape index (κ1) is 11.8. The van der Waals surface area contributed by atoms with Gasteiger partial charge in [0.1, 0.15) is 0 Å². The summed E-state index contributed by atoms with van der Waals surface area (Å²) in [5.74, 6) is -0.167. The number of aliphatic carboxylic acids is 1. The summed E-state index contributed by atoms with van der Waals surface area (Å²) in [6.45, 7) is 5.02. The van der Waals surface area contributed by atoms with Crippen LogP contribution >= 0.6 is 0 Å². The van der Waals surface area contributed by atoms with Gasteiger partial charge in [0, 0.05) is 26.2 Å². The van der Waals surface area contributed by atoms with Gasteiger partial charge in [0.2, 0.25) is 0 Å². The molecule has 2 aliphatic rings. The van der Waals surface area contributed by atoms with Crippen molar-refractivity contribution in [1.82, 2.24) is 4.90 Å². The van der Waals surface area contributed by atoms with Gasteiger partial charge in [-0.05, 0) is 12.3 Å². The predicted molar refractivity (Wildman–Crippen MR) is 57.4 cm³/mol. The van der Waals surface area contributed by atoms with Crippen LogP contribution in [0, 0.1) is 5.92 Å². The van der Waals surface area contributed by atoms with Gasteiger partial charge in [-0.25, -0.2) is 0 Å². The van der Waals surface area contributed by atoms with Gasteiger partial charge in [0.15, 0.2) is 0 Å². The van der Waals surface area contributed by atoms with Crippen molar-refractivity contribution in [3.63, 3.8) is 0 Å². The Bertz CT molecular complexity index is 240. The van der Waals surface area contributed by atoms with E-state index >= 15 is 0 Å². The summed E-state index contributed by atoms with van der Waals surface area (Å²) in [5.41, 5.74) is 0. The largest absolute Gasteiger partial charge is 0.481 e. The molecule has 0 aromatic rings. The highest BCUT2D eigenvalue weighted by molar-refractivity contribution is 5.67. The lowest BCUT2D eigenvalue weighted by Gasteiger charge is -2.33. The Morgan fingerprint density at radius 3 is 3.00 bits per heavy atom. The van der Waals surface area contributed by atoms with Gasteiger partial charge in [0.05, 0.1) is 25.7 Å². The van der Waals surface area contributed by atoms with Crippen molar-refractivity contribution in [2.45, 2.75) is 18.9 Å². The maximum absolute atomic E-state index is 10.6. The Balaban J connectivity index is 1.74. The summed E-state index contributed by atoms with van der Waals surface area (Å²) in [7, 11) is 0. The average molecular weight is 229 g/mol. The molecule has 92 valence electrons. The van der Waals surface area contributed by atoms with Crippen molar-refractivity contribution in [1.29, 1.82) is 0 Å². The number of hydrogen-bond donors (Lipinski definition) is 1. The standard InChI is InChI=1S/C11H19NO4/c13-11(14)5-10-7-12(2-4-16-10)6-9-1-3-15-8-9/h9-10H,1-8H2,(H,13,14). The van der Waals surface area contributed by atoms with E-state index in [9.17, 15) is 4.79 Å². The van der Waals surface area contributed by atoms with Crippen LogP contribution in [-0.4, -0.2) is 61.5 Å². The van der Waals surface area contributed by atoms with E-state index < -0.39 is 5.97 Å². The molecule has 0 amide bonds. The molecule has 0 bridgehead atoms. The third-order valence-corrected chi connectivity index (χ3v) is 3.17. The molecular formula is C11H19NO4. The topological polar surface area (TPSA) is 59.0 Å². The second-order valence-corrected chi connectivity index (χ2v) is 4.58. The van der Waals surface area contributed by atoms with Crippen LogP contribution in [0.2, 0.25) is 0 Å². The molecule has 2 rings (SSSR count). The molecule has 1 N–H and O–H groups in total. The number of carboxylic acid groups (broad SMARTS) is 1. The summed E-state index contributed by atoms with van der Waals surface area (Å²) in [4.78, 5) is 12.9. The number of rotatable bonds is 4. The molecular weight excluding hydrogens is 210 g/mol. The number of hydrogen-bond acceptors (Lipinski definition) is 4. The summed E-state index contributed by atoms with van der Waals surface area (Å²) < 4.78 is 10.8. The number of ether oxygens (including phenoxy) is 2. The van der Waals surface area contributed by atoms with Crippen molar-refractivity contribution in [3.8, 4) is 0 Å². The highest BCUT2D eigenvalue weighted by Gasteiger charge is 2.25.